The van der Waals surface area contributed by atoms with Crippen molar-refractivity contribution in [2.75, 3.05) is 20.7 Å². The normalized spacial score (nSPS) is 14.0. The van der Waals surface area contributed by atoms with Crippen LogP contribution in [-0.2, 0) is 10.9 Å². The Morgan fingerprint density at radius 3 is 2.16 bits per heavy atom. The second-order valence-electron chi connectivity index (χ2n) is 5.87. The van der Waals surface area contributed by atoms with Gasteiger partial charge in [0.2, 0.25) is 0 Å². The Labute approximate surface area is 153 Å². The molecule has 2 unspecified atom stereocenters. The summed E-state index contributed by atoms with van der Waals surface area (Å²) in [6, 6.07) is 15.4. The largest absolute Gasteiger partial charge is 0.416 e. The lowest BCUT2D eigenvalue weighted by Crippen LogP contribution is -2.28. The van der Waals surface area contributed by atoms with Gasteiger partial charge in [-0.3, -0.25) is 4.90 Å². The van der Waals surface area contributed by atoms with Crippen LogP contribution in [0, 0.1) is 0 Å². The number of nitrogens with zero attached hydrogens (tertiary/aromatic N) is 1. The number of ether oxygens (including phenoxy) is 1. The highest BCUT2D eigenvalue weighted by molar-refractivity contribution is 5.85. The second-order valence-corrected chi connectivity index (χ2v) is 5.87. The van der Waals surface area contributed by atoms with Crippen LogP contribution in [0.5, 0.6) is 0 Å². The van der Waals surface area contributed by atoms with Crippen molar-refractivity contribution >= 4 is 12.4 Å². The van der Waals surface area contributed by atoms with Gasteiger partial charge in [0.1, 0.15) is 0 Å². The van der Waals surface area contributed by atoms with Crippen LogP contribution >= 0.6 is 12.4 Å². The number of hydrogen-bond donors (Lipinski definition) is 0. The molecule has 0 bridgehead atoms. The molecule has 2 aromatic carbocycles. The summed E-state index contributed by atoms with van der Waals surface area (Å²) in [4.78, 5) is 2.07. The van der Waals surface area contributed by atoms with Gasteiger partial charge in [0, 0.05) is 19.7 Å². The Hall–Kier alpha value is -1.56. The van der Waals surface area contributed by atoms with E-state index in [1.54, 1.807) is 6.07 Å². The smallest absolute Gasteiger partial charge is 0.375 e. The zero-order valence-electron chi connectivity index (χ0n) is 14.5. The van der Waals surface area contributed by atoms with Crippen molar-refractivity contribution in [3.8, 4) is 0 Å². The zero-order valence-corrected chi connectivity index (χ0v) is 15.3. The number of halogens is 4. The molecular formula is C19H23ClF3NO. The molecule has 2 aromatic rings. The first-order valence-electron chi connectivity index (χ1n) is 7.78. The van der Waals surface area contributed by atoms with Gasteiger partial charge in [-0.2, -0.15) is 13.2 Å². The first kappa shape index (κ1) is 21.5. The van der Waals surface area contributed by atoms with Crippen LogP contribution in [0.1, 0.15) is 35.8 Å². The molecule has 0 aliphatic carbocycles. The molecule has 2 atom stereocenters. The third-order valence-corrected chi connectivity index (χ3v) is 4.27. The van der Waals surface area contributed by atoms with E-state index >= 15 is 0 Å². The van der Waals surface area contributed by atoms with E-state index in [2.05, 4.69) is 11.8 Å². The highest BCUT2D eigenvalue weighted by Gasteiger charge is 2.31. The molecule has 138 valence electrons. The Bertz CT molecular complexity index is 649. The summed E-state index contributed by atoms with van der Waals surface area (Å²) < 4.78 is 44.1. The molecule has 0 aliphatic heterocycles. The molecule has 2 rings (SSSR count). The average molecular weight is 374 g/mol. The molecule has 0 saturated carbocycles. The van der Waals surface area contributed by atoms with Crippen LogP contribution in [0.2, 0.25) is 0 Å². The molecule has 0 saturated heterocycles. The van der Waals surface area contributed by atoms with E-state index in [-0.39, 0.29) is 18.4 Å². The molecule has 0 fully saturated rings. The van der Waals surface area contributed by atoms with Crippen molar-refractivity contribution in [2.45, 2.75) is 25.2 Å². The first-order valence-corrected chi connectivity index (χ1v) is 7.78. The van der Waals surface area contributed by atoms with Gasteiger partial charge < -0.3 is 4.74 Å². The SMILES string of the molecule is COC(CN(C)C(C)c1ccccc1)c1cccc(C(F)(F)F)c1.Cl. The monoisotopic (exact) mass is 373 g/mol. The third kappa shape index (κ3) is 5.73. The lowest BCUT2D eigenvalue weighted by molar-refractivity contribution is -0.137. The molecule has 0 spiro atoms. The van der Waals surface area contributed by atoms with E-state index in [9.17, 15) is 13.2 Å². The maximum absolute atomic E-state index is 12.9. The number of likely N-dealkylation sites (N-methyl/N-ethyl adjacent to an activating group) is 1. The highest BCUT2D eigenvalue weighted by atomic mass is 35.5. The lowest BCUT2D eigenvalue weighted by Gasteiger charge is -2.29. The minimum atomic E-state index is -4.35. The number of benzene rings is 2. The van der Waals surface area contributed by atoms with Gasteiger partial charge >= 0.3 is 6.18 Å². The minimum absolute atomic E-state index is 0. The summed E-state index contributed by atoms with van der Waals surface area (Å²) in [6.07, 6.45) is -4.78. The molecule has 2 nitrogen and oxygen atoms in total. The van der Waals surface area contributed by atoms with Crippen LogP contribution in [0.25, 0.3) is 0 Å². The van der Waals surface area contributed by atoms with Crippen LogP contribution < -0.4 is 0 Å². The van der Waals surface area contributed by atoms with Gasteiger partial charge in [0.15, 0.2) is 0 Å². The standard InChI is InChI=1S/C19H22F3NO.ClH/c1-14(15-8-5-4-6-9-15)23(2)13-18(24-3)16-10-7-11-17(12-16)19(20,21)22;/h4-12,14,18H,13H2,1-3H3;1H. The predicted molar refractivity (Wildman–Crippen MR) is 95.9 cm³/mol. The topological polar surface area (TPSA) is 12.5 Å². The van der Waals surface area contributed by atoms with Gasteiger partial charge in [-0.1, -0.05) is 42.5 Å². The van der Waals surface area contributed by atoms with Crippen LogP contribution in [0.3, 0.4) is 0 Å². The fourth-order valence-electron chi connectivity index (χ4n) is 2.64. The minimum Gasteiger partial charge on any atom is -0.375 e. The van der Waals surface area contributed by atoms with Gasteiger partial charge in [-0.25, -0.2) is 0 Å². The van der Waals surface area contributed by atoms with E-state index < -0.39 is 17.8 Å². The van der Waals surface area contributed by atoms with Crippen LogP contribution in [0.4, 0.5) is 13.2 Å². The molecule has 0 N–H and O–H groups in total. The third-order valence-electron chi connectivity index (χ3n) is 4.27. The van der Waals surface area contributed by atoms with Crippen molar-refractivity contribution in [1.82, 2.24) is 4.90 Å². The molecule has 25 heavy (non-hydrogen) atoms. The van der Waals surface area contributed by atoms with Crippen molar-refractivity contribution in [3.63, 3.8) is 0 Å². The number of methoxy groups -OCH3 is 1. The van der Waals surface area contributed by atoms with Crippen molar-refractivity contribution in [3.05, 3.63) is 71.3 Å². The average Bonchev–Trinajstić information content (AvgIpc) is 2.59. The maximum atomic E-state index is 12.9. The summed E-state index contributed by atoms with van der Waals surface area (Å²) in [5.41, 5.74) is 1.03. The zero-order chi connectivity index (χ0) is 17.7. The highest BCUT2D eigenvalue weighted by Crippen LogP contribution is 2.32. The summed E-state index contributed by atoms with van der Waals surface area (Å²) in [7, 11) is 3.46. The predicted octanol–water partition coefficient (Wildman–Crippen LogP) is 5.51. The Morgan fingerprint density at radius 2 is 1.60 bits per heavy atom. The summed E-state index contributed by atoms with van der Waals surface area (Å²) in [5, 5.41) is 0. The molecule has 0 aromatic heterocycles. The fraction of sp³-hybridized carbons (Fsp3) is 0.368. The van der Waals surface area contributed by atoms with Gasteiger partial charge in [0.05, 0.1) is 11.7 Å². The van der Waals surface area contributed by atoms with E-state index in [0.29, 0.717) is 12.1 Å². The first-order chi connectivity index (χ1) is 11.3. The van der Waals surface area contributed by atoms with Gasteiger partial charge in [0.25, 0.3) is 0 Å². The summed E-state index contributed by atoms with van der Waals surface area (Å²) in [5.74, 6) is 0. The summed E-state index contributed by atoms with van der Waals surface area (Å²) >= 11 is 0. The van der Waals surface area contributed by atoms with E-state index in [1.165, 1.54) is 13.2 Å². The summed E-state index contributed by atoms with van der Waals surface area (Å²) in [6.45, 7) is 2.56. The van der Waals surface area contributed by atoms with Crippen LogP contribution in [-0.4, -0.2) is 25.6 Å². The second kappa shape index (κ2) is 9.22. The van der Waals surface area contributed by atoms with Crippen molar-refractivity contribution in [1.29, 1.82) is 0 Å². The number of alkyl halides is 3. The lowest BCUT2D eigenvalue weighted by atomic mass is 10.0. The molecular weight excluding hydrogens is 351 g/mol. The molecule has 6 heteroatoms. The van der Waals surface area contributed by atoms with Gasteiger partial charge in [-0.05, 0) is 37.2 Å². The molecule has 0 heterocycles. The number of rotatable bonds is 6. The molecule has 0 aliphatic rings. The number of hydrogen-bond acceptors (Lipinski definition) is 2. The molecule has 0 radical (unpaired) electrons. The van der Waals surface area contributed by atoms with Gasteiger partial charge in [-0.15, -0.1) is 12.4 Å². The fourth-order valence-corrected chi connectivity index (χ4v) is 2.64. The van der Waals surface area contributed by atoms with E-state index in [1.807, 2.05) is 37.4 Å². The van der Waals surface area contributed by atoms with E-state index in [4.69, 9.17) is 4.74 Å². The van der Waals surface area contributed by atoms with E-state index in [0.717, 1.165) is 17.7 Å². The Balaban J connectivity index is 0.00000312. The molecule has 0 amide bonds. The maximum Gasteiger partial charge on any atom is 0.416 e. The Morgan fingerprint density at radius 1 is 1.00 bits per heavy atom. The Kier molecular flexibility index (Phi) is 7.93. The van der Waals surface area contributed by atoms with Crippen molar-refractivity contribution in [2.24, 2.45) is 0 Å². The quantitative estimate of drug-likeness (QED) is 0.662. The van der Waals surface area contributed by atoms with Crippen LogP contribution in [0.15, 0.2) is 54.6 Å². The van der Waals surface area contributed by atoms with Crippen molar-refractivity contribution < 1.29 is 17.9 Å².